The van der Waals surface area contributed by atoms with Crippen LogP contribution >= 0.6 is 23.2 Å². The zero-order valence-corrected chi connectivity index (χ0v) is 22.0. The molecule has 0 heterocycles. The first kappa shape index (κ1) is 27.8. The number of methoxy groups -OCH3 is 1. The smallest absolute Gasteiger partial charge is 0.244 e. The number of benzene rings is 2. The second kappa shape index (κ2) is 11.8. The van der Waals surface area contributed by atoms with Crippen LogP contribution in [0.4, 0.5) is 5.69 Å². The van der Waals surface area contributed by atoms with Crippen LogP contribution in [-0.4, -0.2) is 57.1 Å². The summed E-state index contributed by atoms with van der Waals surface area (Å²) in [6.07, 6.45) is 1.01. The van der Waals surface area contributed by atoms with Crippen LogP contribution in [0.1, 0.15) is 26.3 Å². The minimum atomic E-state index is -3.83. The Morgan fingerprint density at radius 3 is 2.29 bits per heavy atom. The summed E-state index contributed by atoms with van der Waals surface area (Å²) in [5.74, 6) is -0.489. The minimum absolute atomic E-state index is 0.0259. The lowest BCUT2D eigenvalue weighted by molar-refractivity contribution is -0.139. The molecule has 8 nitrogen and oxygen atoms in total. The lowest BCUT2D eigenvalue weighted by Gasteiger charge is -2.32. The van der Waals surface area contributed by atoms with Crippen molar-refractivity contribution in [2.24, 2.45) is 0 Å². The van der Waals surface area contributed by atoms with Crippen molar-refractivity contribution in [2.75, 3.05) is 24.2 Å². The SMILES string of the molecule is COc1cccc(N(CC(=O)N(Cc2ccc(Cl)c(Cl)c2)[C@@H](C)C(=O)NC(C)C)S(C)(=O)=O)c1. The Bertz CT molecular complexity index is 1140. The van der Waals surface area contributed by atoms with Crippen LogP contribution in [0.25, 0.3) is 0 Å². The Kier molecular flexibility index (Phi) is 9.61. The third-order valence-electron chi connectivity index (χ3n) is 4.96. The van der Waals surface area contributed by atoms with Crippen molar-refractivity contribution in [1.82, 2.24) is 10.2 Å². The highest BCUT2D eigenvalue weighted by Gasteiger charge is 2.30. The molecule has 0 aromatic heterocycles. The van der Waals surface area contributed by atoms with Crippen LogP contribution in [0.2, 0.25) is 10.0 Å². The maximum absolute atomic E-state index is 13.5. The molecule has 0 bridgehead atoms. The molecule has 0 aliphatic rings. The van der Waals surface area contributed by atoms with Gasteiger partial charge in [-0.1, -0.05) is 35.3 Å². The number of rotatable bonds is 10. The molecule has 0 saturated heterocycles. The molecule has 2 aromatic carbocycles. The van der Waals surface area contributed by atoms with E-state index in [9.17, 15) is 18.0 Å². The maximum Gasteiger partial charge on any atom is 0.244 e. The predicted molar refractivity (Wildman–Crippen MR) is 135 cm³/mol. The Labute approximate surface area is 210 Å². The molecule has 0 aliphatic heterocycles. The summed E-state index contributed by atoms with van der Waals surface area (Å²) in [5, 5.41) is 3.45. The van der Waals surface area contributed by atoms with Crippen LogP contribution in [0.5, 0.6) is 5.75 Å². The van der Waals surface area contributed by atoms with E-state index in [1.807, 2.05) is 13.8 Å². The van der Waals surface area contributed by atoms with E-state index >= 15 is 0 Å². The van der Waals surface area contributed by atoms with Crippen LogP contribution in [0.15, 0.2) is 42.5 Å². The molecule has 0 spiro atoms. The summed E-state index contributed by atoms with van der Waals surface area (Å²) < 4.78 is 31.3. The van der Waals surface area contributed by atoms with Gasteiger partial charge >= 0.3 is 0 Å². The van der Waals surface area contributed by atoms with Gasteiger partial charge in [0.1, 0.15) is 18.3 Å². The summed E-state index contributed by atoms with van der Waals surface area (Å²) in [5.41, 5.74) is 0.906. The molecule has 2 amide bonds. The quantitative estimate of drug-likeness (QED) is 0.506. The van der Waals surface area contributed by atoms with E-state index in [2.05, 4.69) is 5.32 Å². The fraction of sp³-hybridized carbons (Fsp3) is 0.391. The number of hydrogen-bond donors (Lipinski definition) is 1. The molecule has 0 fully saturated rings. The first-order chi connectivity index (χ1) is 15.8. The highest BCUT2D eigenvalue weighted by molar-refractivity contribution is 7.92. The molecule has 0 radical (unpaired) electrons. The number of ether oxygens (including phenoxy) is 1. The van der Waals surface area contributed by atoms with Crippen LogP contribution < -0.4 is 14.4 Å². The Balaban J connectivity index is 2.42. The second-order valence-corrected chi connectivity index (χ2v) is 10.8. The van der Waals surface area contributed by atoms with Gasteiger partial charge in [-0.05, 0) is 50.6 Å². The van der Waals surface area contributed by atoms with Crippen molar-refractivity contribution in [3.8, 4) is 5.75 Å². The Morgan fingerprint density at radius 2 is 1.74 bits per heavy atom. The number of hydrogen-bond acceptors (Lipinski definition) is 5. The zero-order valence-electron chi connectivity index (χ0n) is 19.7. The molecule has 1 N–H and O–H groups in total. The maximum atomic E-state index is 13.5. The van der Waals surface area contributed by atoms with E-state index < -0.39 is 28.5 Å². The molecule has 11 heteroatoms. The molecule has 0 saturated carbocycles. The third-order valence-corrected chi connectivity index (χ3v) is 6.84. The first-order valence-corrected chi connectivity index (χ1v) is 13.1. The van der Waals surface area contributed by atoms with Crippen molar-refractivity contribution in [1.29, 1.82) is 0 Å². The van der Waals surface area contributed by atoms with Gasteiger partial charge in [0.2, 0.25) is 21.8 Å². The standard InChI is InChI=1S/C23H29Cl2N3O5S/c1-15(2)26-23(30)16(3)27(13-17-9-10-20(24)21(25)11-17)22(29)14-28(34(5,31)32)18-7-6-8-19(12-18)33-4/h6-12,15-16H,13-14H2,1-5H3,(H,26,30)/t16-/m0/s1. The lowest BCUT2D eigenvalue weighted by Crippen LogP contribution is -2.52. The molecule has 0 aliphatic carbocycles. The number of halogens is 2. The van der Waals surface area contributed by atoms with E-state index in [4.69, 9.17) is 27.9 Å². The topological polar surface area (TPSA) is 96.0 Å². The average molecular weight is 530 g/mol. The number of nitrogens with zero attached hydrogens (tertiary/aromatic N) is 2. The third kappa shape index (κ3) is 7.51. The van der Waals surface area contributed by atoms with Gasteiger partial charge in [-0.15, -0.1) is 0 Å². The summed E-state index contributed by atoms with van der Waals surface area (Å²) in [4.78, 5) is 27.5. The molecular formula is C23H29Cl2N3O5S. The fourth-order valence-electron chi connectivity index (χ4n) is 3.20. The fourth-order valence-corrected chi connectivity index (χ4v) is 4.36. The van der Waals surface area contributed by atoms with E-state index in [0.717, 1.165) is 10.6 Å². The molecule has 1 atom stereocenters. The largest absolute Gasteiger partial charge is 0.497 e. The Morgan fingerprint density at radius 1 is 1.06 bits per heavy atom. The van der Waals surface area contributed by atoms with Crippen molar-refractivity contribution in [3.05, 3.63) is 58.1 Å². The van der Waals surface area contributed by atoms with E-state index in [1.54, 1.807) is 43.3 Å². The van der Waals surface area contributed by atoms with E-state index in [-0.39, 0.29) is 24.2 Å². The van der Waals surface area contributed by atoms with Gasteiger partial charge in [0, 0.05) is 18.7 Å². The molecule has 0 unspecified atom stereocenters. The average Bonchev–Trinajstić information content (AvgIpc) is 2.76. The highest BCUT2D eigenvalue weighted by atomic mass is 35.5. The lowest BCUT2D eigenvalue weighted by atomic mass is 10.1. The Hall–Kier alpha value is -2.49. The minimum Gasteiger partial charge on any atom is -0.497 e. The normalized spacial score (nSPS) is 12.2. The summed E-state index contributed by atoms with van der Waals surface area (Å²) in [7, 11) is -2.37. The number of carbonyl (C=O) groups is 2. The first-order valence-electron chi connectivity index (χ1n) is 10.5. The van der Waals surface area contributed by atoms with Gasteiger partial charge in [-0.3, -0.25) is 13.9 Å². The number of sulfonamides is 1. The van der Waals surface area contributed by atoms with E-state index in [0.29, 0.717) is 21.4 Å². The predicted octanol–water partition coefficient (Wildman–Crippen LogP) is 3.71. The summed E-state index contributed by atoms with van der Waals surface area (Å²) in [6.45, 7) is 4.72. The van der Waals surface area contributed by atoms with Crippen molar-refractivity contribution < 1.29 is 22.7 Å². The highest BCUT2D eigenvalue weighted by Crippen LogP contribution is 2.25. The molecule has 2 rings (SSSR count). The molecular weight excluding hydrogens is 501 g/mol. The number of anilines is 1. The van der Waals surface area contributed by atoms with Crippen molar-refractivity contribution >= 4 is 50.7 Å². The zero-order chi connectivity index (χ0) is 25.6. The van der Waals surface area contributed by atoms with Crippen molar-refractivity contribution in [2.45, 2.75) is 39.4 Å². The monoisotopic (exact) mass is 529 g/mol. The molecule has 186 valence electrons. The van der Waals surface area contributed by atoms with Crippen molar-refractivity contribution in [3.63, 3.8) is 0 Å². The van der Waals surface area contributed by atoms with Crippen LogP contribution in [0, 0.1) is 0 Å². The van der Waals surface area contributed by atoms with Crippen LogP contribution in [0.3, 0.4) is 0 Å². The summed E-state index contributed by atoms with van der Waals surface area (Å²) in [6, 6.07) is 10.3. The van der Waals surface area contributed by atoms with Gasteiger partial charge < -0.3 is 15.0 Å². The van der Waals surface area contributed by atoms with Gasteiger partial charge in [0.25, 0.3) is 0 Å². The summed E-state index contributed by atoms with van der Waals surface area (Å²) >= 11 is 12.1. The molecule has 34 heavy (non-hydrogen) atoms. The number of carbonyl (C=O) groups excluding carboxylic acids is 2. The van der Waals surface area contributed by atoms with E-state index in [1.165, 1.54) is 18.1 Å². The van der Waals surface area contributed by atoms with Gasteiger partial charge in [-0.2, -0.15) is 0 Å². The number of amides is 2. The number of nitrogens with one attached hydrogen (secondary N) is 1. The second-order valence-electron chi connectivity index (χ2n) is 8.08. The van der Waals surface area contributed by atoms with Crippen LogP contribution in [-0.2, 0) is 26.2 Å². The van der Waals surface area contributed by atoms with Gasteiger partial charge in [0.15, 0.2) is 0 Å². The van der Waals surface area contributed by atoms with Gasteiger partial charge in [-0.25, -0.2) is 8.42 Å². The van der Waals surface area contributed by atoms with Gasteiger partial charge in [0.05, 0.1) is 29.1 Å². The molecule has 2 aromatic rings.